The molecule has 0 aliphatic carbocycles. The van der Waals surface area contributed by atoms with Crippen LogP contribution in [0.1, 0.15) is 16.8 Å². The zero-order valence-corrected chi connectivity index (χ0v) is 13.2. The molecule has 1 fully saturated rings. The van der Waals surface area contributed by atoms with Gasteiger partial charge in [-0.1, -0.05) is 11.6 Å². The molecule has 1 amide bonds. The molecule has 0 spiro atoms. The minimum atomic E-state index is -4.63. The molecular weight excluding hydrogens is 337 g/mol. The Bertz CT molecular complexity index is 721. The van der Waals surface area contributed by atoms with Crippen LogP contribution in [-0.2, 0) is 19.8 Å². The first-order valence-corrected chi connectivity index (χ1v) is 8.25. The van der Waals surface area contributed by atoms with Gasteiger partial charge in [-0.2, -0.15) is 8.42 Å². The number of hydrogen-bond donors (Lipinski definition) is 0. The zero-order valence-electron chi connectivity index (χ0n) is 11.6. The monoisotopic (exact) mass is 349 g/mol. The molecule has 120 valence electrons. The first-order valence-electron chi connectivity index (χ1n) is 6.32. The summed E-state index contributed by atoms with van der Waals surface area (Å²) in [5, 5.41) is 0.110. The smallest absolute Gasteiger partial charge is 0.339 e. The largest absolute Gasteiger partial charge is 0.465 e. The summed E-state index contributed by atoms with van der Waals surface area (Å²) in [4.78, 5) is 24.7. The van der Waals surface area contributed by atoms with Crippen LogP contribution in [0.4, 0.5) is 9.57 Å². The number of hydrogen-bond acceptors (Lipinski definition) is 5. The average molecular weight is 350 g/mol. The SMILES string of the molecule is COC(=O)c1ccc(N2CC(CS(=O)(=O)F)CC2=O)cc1Cl. The van der Waals surface area contributed by atoms with E-state index >= 15 is 0 Å². The molecule has 0 bridgehead atoms. The third-order valence-electron chi connectivity index (χ3n) is 3.31. The lowest BCUT2D eigenvalue weighted by molar-refractivity contribution is -0.117. The Morgan fingerprint density at radius 3 is 2.73 bits per heavy atom. The predicted molar refractivity (Wildman–Crippen MR) is 78.1 cm³/mol. The van der Waals surface area contributed by atoms with E-state index in [2.05, 4.69) is 4.74 Å². The number of halogens is 2. The highest BCUT2D eigenvalue weighted by atomic mass is 35.5. The maximum Gasteiger partial charge on any atom is 0.339 e. The van der Waals surface area contributed by atoms with Gasteiger partial charge in [-0.25, -0.2) is 4.79 Å². The van der Waals surface area contributed by atoms with Crippen LogP contribution in [-0.4, -0.2) is 39.7 Å². The Morgan fingerprint density at radius 1 is 1.50 bits per heavy atom. The third kappa shape index (κ3) is 3.75. The van der Waals surface area contributed by atoms with Crippen LogP contribution in [0, 0.1) is 5.92 Å². The normalized spacial score (nSPS) is 18.6. The molecule has 1 aromatic rings. The van der Waals surface area contributed by atoms with Crippen molar-refractivity contribution < 1.29 is 26.6 Å². The van der Waals surface area contributed by atoms with Crippen molar-refractivity contribution in [2.75, 3.05) is 24.3 Å². The Hall–Kier alpha value is -1.67. The topological polar surface area (TPSA) is 80.8 Å². The minimum absolute atomic E-state index is 0.0560. The molecule has 2 rings (SSSR count). The van der Waals surface area contributed by atoms with Crippen molar-refractivity contribution in [3.05, 3.63) is 28.8 Å². The Morgan fingerprint density at radius 2 is 2.18 bits per heavy atom. The Balaban J connectivity index is 2.20. The molecule has 0 saturated carbocycles. The van der Waals surface area contributed by atoms with Gasteiger partial charge < -0.3 is 9.64 Å². The van der Waals surface area contributed by atoms with Crippen LogP contribution in [0.2, 0.25) is 5.02 Å². The maximum atomic E-state index is 12.7. The fraction of sp³-hybridized carbons (Fsp3) is 0.385. The van der Waals surface area contributed by atoms with Crippen LogP contribution < -0.4 is 4.90 Å². The minimum Gasteiger partial charge on any atom is -0.465 e. The van der Waals surface area contributed by atoms with Gasteiger partial charge >= 0.3 is 16.2 Å². The van der Waals surface area contributed by atoms with Crippen molar-refractivity contribution in [1.82, 2.24) is 0 Å². The highest BCUT2D eigenvalue weighted by Crippen LogP contribution is 2.30. The van der Waals surface area contributed by atoms with Gasteiger partial charge in [0.25, 0.3) is 0 Å². The molecule has 22 heavy (non-hydrogen) atoms. The number of anilines is 1. The molecule has 0 N–H and O–H groups in total. The molecule has 1 saturated heterocycles. The van der Waals surface area contributed by atoms with Crippen molar-refractivity contribution >= 4 is 39.4 Å². The molecule has 6 nitrogen and oxygen atoms in total. The van der Waals surface area contributed by atoms with Gasteiger partial charge in [0.1, 0.15) is 0 Å². The molecule has 1 unspecified atom stereocenters. The lowest BCUT2D eigenvalue weighted by atomic mass is 10.1. The summed E-state index contributed by atoms with van der Waals surface area (Å²) in [5.41, 5.74) is 0.573. The van der Waals surface area contributed by atoms with E-state index in [0.29, 0.717) is 5.69 Å². The summed E-state index contributed by atoms with van der Waals surface area (Å²) in [5.74, 6) is -2.23. The molecule has 1 heterocycles. The number of amides is 1. The number of rotatable bonds is 4. The van der Waals surface area contributed by atoms with Gasteiger partial charge in [-0.15, -0.1) is 3.89 Å². The van der Waals surface area contributed by atoms with E-state index in [4.69, 9.17) is 11.6 Å². The fourth-order valence-corrected chi connectivity index (χ4v) is 3.41. The van der Waals surface area contributed by atoms with E-state index < -0.39 is 27.9 Å². The summed E-state index contributed by atoms with van der Waals surface area (Å²) >= 11 is 5.98. The Kier molecular flexibility index (Phi) is 4.72. The summed E-state index contributed by atoms with van der Waals surface area (Å²) < 4.78 is 38.6. The second kappa shape index (κ2) is 6.21. The number of carbonyl (C=O) groups excluding carboxylic acids is 2. The standard InChI is InChI=1S/C13H13ClFNO5S/c1-21-13(18)10-3-2-9(5-11(10)14)16-6-8(4-12(16)17)7-22(15,19)20/h2-3,5,8H,4,6-7H2,1H3. The second-order valence-electron chi connectivity index (χ2n) is 4.94. The van der Waals surface area contributed by atoms with E-state index in [-0.39, 0.29) is 29.5 Å². The van der Waals surface area contributed by atoms with E-state index in [1.165, 1.54) is 30.2 Å². The molecule has 0 aromatic heterocycles. The van der Waals surface area contributed by atoms with E-state index in [1.54, 1.807) is 0 Å². The number of esters is 1. The molecule has 0 radical (unpaired) electrons. The fourth-order valence-electron chi connectivity index (χ4n) is 2.37. The number of benzene rings is 1. The van der Waals surface area contributed by atoms with Crippen LogP contribution in [0.15, 0.2) is 18.2 Å². The lowest BCUT2D eigenvalue weighted by Crippen LogP contribution is -2.25. The number of nitrogens with zero attached hydrogens (tertiary/aromatic N) is 1. The van der Waals surface area contributed by atoms with Gasteiger partial charge in [-0.3, -0.25) is 4.79 Å². The van der Waals surface area contributed by atoms with Crippen LogP contribution >= 0.6 is 11.6 Å². The zero-order chi connectivity index (χ0) is 16.5. The first kappa shape index (κ1) is 16.7. The predicted octanol–water partition coefficient (Wildman–Crippen LogP) is 1.78. The summed E-state index contributed by atoms with van der Waals surface area (Å²) in [6.45, 7) is 0.0792. The highest BCUT2D eigenvalue weighted by Gasteiger charge is 2.34. The van der Waals surface area contributed by atoms with Gasteiger partial charge in [-0.05, 0) is 18.2 Å². The van der Waals surface area contributed by atoms with Gasteiger partial charge in [0.15, 0.2) is 0 Å². The highest BCUT2D eigenvalue weighted by molar-refractivity contribution is 7.86. The summed E-state index contributed by atoms with van der Waals surface area (Å²) in [6, 6.07) is 4.33. The van der Waals surface area contributed by atoms with Gasteiger partial charge in [0.05, 0.1) is 23.4 Å². The molecule has 9 heteroatoms. The van der Waals surface area contributed by atoms with Crippen LogP contribution in [0.3, 0.4) is 0 Å². The van der Waals surface area contributed by atoms with Crippen molar-refractivity contribution in [2.45, 2.75) is 6.42 Å². The molecule has 1 aliphatic rings. The molecular formula is C13H13ClFNO5S. The number of ether oxygens (including phenoxy) is 1. The van der Waals surface area contributed by atoms with Gasteiger partial charge in [0.2, 0.25) is 5.91 Å². The van der Waals surface area contributed by atoms with E-state index in [0.717, 1.165) is 0 Å². The lowest BCUT2D eigenvalue weighted by Gasteiger charge is -2.17. The van der Waals surface area contributed by atoms with Crippen LogP contribution in [0.5, 0.6) is 0 Å². The average Bonchev–Trinajstić information content (AvgIpc) is 2.76. The molecule has 1 aromatic carbocycles. The number of carbonyl (C=O) groups is 2. The van der Waals surface area contributed by atoms with E-state index in [1.807, 2.05) is 0 Å². The second-order valence-corrected chi connectivity index (χ2v) is 6.75. The number of methoxy groups -OCH3 is 1. The summed E-state index contributed by atoms with van der Waals surface area (Å²) in [6.07, 6.45) is -0.0560. The molecule has 1 atom stereocenters. The maximum absolute atomic E-state index is 12.7. The van der Waals surface area contributed by atoms with E-state index in [9.17, 15) is 21.9 Å². The Labute approximate surface area is 132 Å². The third-order valence-corrected chi connectivity index (χ3v) is 4.49. The van der Waals surface area contributed by atoms with Gasteiger partial charge in [0, 0.05) is 24.6 Å². The molecule has 1 aliphatic heterocycles. The van der Waals surface area contributed by atoms with Crippen molar-refractivity contribution in [2.24, 2.45) is 5.92 Å². The summed E-state index contributed by atoms with van der Waals surface area (Å²) in [7, 11) is -3.41. The van der Waals surface area contributed by atoms with Crippen molar-refractivity contribution in [3.63, 3.8) is 0 Å². The van der Waals surface area contributed by atoms with Crippen molar-refractivity contribution in [1.29, 1.82) is 0 Å². The quantitative estimate of drug-likeness (QED) is 0.611. The van der Waals surface area contributed by atoms with Crippen LogP contribution in [0.25, 0.3) is 0 Å². The first-order chi connectivity index (χ1) is 10.2. The van der Waals surface area contributed by atoms with Crippen molar-refractivity contribution in [3.8, 4) is 0 Å².